The van der Waals surface area contributed by atoms with Gasteiger partial charge in [0.25, 0.3) is 0 Å². The van der Waals surface area contributed by atoms with Crippen molar-refractivity contribution in [3.8, 4) is 0 Å². The molecule has 1 N–H and O–H groups in total. The summed E-state index contributed by atoms with van der Waals surface area (Å²) < 4.78 is 55.4. The predicted molar refractivity (Wildman–Crippen MR) is 59.3 cm³/mol. The van der Waals surface area contributed by atoms with E-state index in [0.717, 1.165) is 0 Å². The molecule has 0 radical (unpaired) electrons. The van der Waals surface area contributed by atoms with E-state index < -0.39 is 28.1 Å². The van der Waals surface area contributed by atoms with Crippen molar-refractivity contribution < 1.29 is 25.6 Å². The second-order valence-corrected chi connectivity index (χ2v) is 8.82. The Kier molecular flexibility index (Phi) is 4.33. The Morgan fingerprint density at radius 2 is 1.69 bits per heavy atom. The molecule has 0 amide bonds. The van der Waals surface area contributed by atoms with Crippen LogP contribution in [0.4, 0.5) is 0 Å². The van der Waals surface area contributed by atoms with E-state index in [1.54, 1.807) is 30.3 Å². The van der Waals surface area contributed by atoms with Crippen LogP contribution in [0.2, 0.25) is 0 Å². The molecule has 0 bridgehead atoms. The number of hydrogen-bond donors (Lipinski definition) is 1. The van der Waals surface area contributed by atoms with Crippen LogP contribution in [0.5, 0.6) is 0 Å². The Bertz CT molecular complexity index is 533. The van der Waals surface area contributed by atoms with Crippen LogP contribution in [0.3, 0.4) is 0 Å². The molecular weight excluding hydrogens is 276 g/mol. The topological polar surface area (TPSA) is 97.7 Å². The van der Waals surface area contributed by atoms with Gasteiger partial charge in [0, 0.05) is 0 Å². The summed E-state index contributed by atoms with van der Waals surface area (Å²) in [7, 11) is -9.69. The molecule has 1 aromatic rings. The van der Waals surface area contributed by atoms with Gasteiger partial charge in [0.15, 0.2) is 9.83 Å². The van der Waals surface area contributed by atoms with E-state index in [-0.39, 0.29) is 6.61 Å². The predicted octanol–water partition coefficient (Wildman–Crippen LogP) is 0.984. The summed E-state index contributed by atoms with van der Waals surface area (Å²) in [6.45, 7) is -0.286. The lowest BCUT2D eigenvalue weighted by atomic mass is 10.2. The van der Waals surface area contributed by atoms with Crippen LogP contribution in [0.1, 0.15) is 5.56 Å². The van der Waals surface area contributed by atoms with Crippen molar-refractivity contribution in [3.05, 3.63) is 35.9 Å². The summed E-state index contributed by atoms with van der Waals surface area (Å²) in [5.74, 6) is 0. The first-order chi connectivity index (χ1) is 7.29. The van der Waals surface area contributed by atoms with Gasteiger partial charge in [-0.15, -0.1) is 0 Å². The molecule has 16 heavy (non-hydrogen) atoms. The summed E-state index contributed by atoms with van der Waals surface area (Å²) in [5, 5.41) is 0. The lowest BCUT2D eigenvalue weighted by Crippen LogP contribution is -2.05. The van der Waals surface area contributed by atoms with Gasteiger partial charge < -0.3 is 0 Å². The van der Waals surface area contributed by atoms with E-state index in [1.807, 2.05) is 0 Å². The molecule has 6 nitrogen and oxygen atoms in total. The van der Waals surface area contributed by atoms with Crippen molar-refractivity contribution in [1.82, 2.24) is 0 Å². The van der Waals surface area contributed by atoms with Gasteiger partial charge in [0.05, 0.1) is 6.61 Å². The highest BCUT2D eigenvalue weighted by molar-refractivity contribution is 9.02. The van der Waals surface area contributed by atoms with Crippen LogP contribution < -0.4 is 0 Å². The van der Waals surface area contributed by atoms with Gasteiger partial charge in [-0.05, 0) is 5.56 Å². The SMILES string of the molecule is O=S(=O)(O)SS(=O)(=O)OCc1ccccc1. The van der Waals surface area contributed by atoms with Crippen LogP contribution in [-0.2, 0) is 29.1 Å². The fourth-order valence-electron chi connectivity index (χ4n) is 0.839. The molecule has 1 rings (SSSR count). The van der Waals surface area contributed by atoms with Gasteiger partial charge in [-0.25, -0.2) is 0 Å². The molecule has 0 spiro atoms. The average Bonchev–Trinajstić information content (AvgIpc) is 2.13. The number of benzene rings is 1. The van der Waals surface area contributed by atoms with E-state index >= 15 is 0 Å². The van der Waals surface area contributed by atoms with E-state index in [9.17, 15) is 16.8 Å². The highest BCUT2D eigenvalue weighted by Crippen LogP contribution is 2.21. The molecule has 1 aromatic carbocycles. The Morgan fingerprint density at radius 1 is 1.12 bits per heavy atom. The van der Waals surface area contributed by atoms with Crippen LogP contribution >= 0.6 is 9.83 Å². The monoisotopic (exact) mass is 284 g/mol. The van der Waals surface area contributed by atoms with Crippen molar-refractivity contribution >= 4 is 28.1 Å². The summed E-state index contributed by atoms with van der Waals surface area (Å²) >= 11 is 0. The minimum atomic E-state index is -4.68. The molecule has 0 aliphatic rings. The lowest BCUT2D eigenvalue weighted by molar-refractivity contribution is 0.319. The molecule has 0 atom stereocenters. The summed E-state index contributed by atoms with van der Waals surface area (Å²) in [6, 6.07) is 8.34. The molecule has 90 valence electrons. The highest BCUT2D eigenvalue weighted by Gasteiger charge is 2.22. The molecule has 0 aliphatic carbocycles. The molecule has 0 unspecified atom stereocenters. The van der Waals surface area contributed by atoms with Gasteiger partial charge >= 0.3 is 18.3 Å². The van der Waals surface area contributed by atoms with Crippen LogP contribution in [0.25, 0.3) is 0 Å². The fourth-order valence-corrected chi connectivity index (χ4v) is 4.51. The maximum absolute atomic E-state index is 11.0. The lowest BCUT2D eigenvalue weighted by Gasteiger charge is -2.02. The minimum absolute atomic E-state index is 0.286. The second-order valence-electron chi connectivity index (χ2n) is 2.65. The maximum Gasteiger partial charge on any atom is 0.339 e. The standard InChI is InChI=1S/C7H8O6S3/c8-15(9,10)14-16(11,12)13-6-7-4-2-1-3-5-7/h1-5H,6H2,(H,8,9,10). The van der Waals surface area contributed by atoms with Crippen molar-refractivity contribution in [3.63, 3.8) is 0 Å². The Labute approximate surface area is 96.3 Å². The van der Waals surface area contributed by atoms with E-state index in [4.69, 9.17) is 4.55 Å². The third-order valence-electron chi connectivity index (χ3n) is 1.38. The molecular formula is C7H8O6S3. The first-order valence-corrected chi connectivity index (χ1v) is 8.60. The normalized spacial score (nSPS) is 12.6. The average molecular weight is 284 g/mol. The quantitative estimate of drug-likeness (QED) is 0.635. The van der Waals surface area contributed by atoms with Crippen LogP contribution in [-0.4, -0.2) is 21.4 Å². The molecule has 9 heteroatoms. The summed E-state index contributed by atoms with van der Waals surface area (Å²) in [5.41, 5.74) is 0.571. The number of rotatable bonds is 5. The van der Waals surface area contributed by atoms with Gasteiger partial charge in [-0.3, -0.25) is 8.74 Å². The third kappa shape index (κ3) is 5.47. The number of hydrogen-bond acceptors (Lipinski definition) is 6. The molecule has 0 aliphatic heterocycles. The van der Waals surface area contributed by atoms with E-state index in [2.05, 4.69) is 4.18 Å². The van der Waals surface area contributed by atoms with Crippen molar-refractivity contribution in [1.29, 1.82) is 0 Å². The zero-order valence-corrected chi connectivity index (χ0v) is 10.3. The summed E-state index contributed by atoms with van der Waals surface area (Å²) in [6.07, 6.45) is 0. The van der Waals surface area contributed by atoms with E-state index in [0.29, 0.717) is 5.56 Å². The Morgan fingerprint density at radius 3 is 2.19 bits per heavy atom. The first kappa shape index (κ1) is 13.5. The zero-order chi connectivity index (χ0) is 12.2. The Balaban J connectivity index is 2.63. The fraction of sp³-hybridized carbons (Fsp3) is 0.143. The van der Waals surface area contributed by atoms with Gasteiger partial charge in [-0.1, -0.05) is 30.3 Å². The Hall–Kier alpha value is -0.610. The van der Waals surface area contributed by atoms with Crippen molar-refractivity contribution in [2.45, 2.75) is 6.61 Å². The molecule has 0 heterocycles. The maximum atomic E-state index is 11.0. The smallest absolute Gasteiger partial charge is 0.276 e. The van der Waals surface area contributed by atoms with E-state index in [1.165, 1.54) is 0 Å². The van der Waals surface area contributed by atoms with Gasteiger partial charge in [-0.2, -0.15) is 16.8 Å². The van der Waals surface area contributed by atoms with Gasteiger partial charge in [0.1, 0.15) is 0 Å². The largest absolute Gasteiger partial charge is 0.339 e. The van der Waals surface area contributed by atoms with Crippen LogP contribution in [0, 0.1) is 0 Å². The van der Waals surface area contributed by atoms with Gasteiger partial charge in [0.2, 0.25) is 0 Å². The van der Waals surface area contributed by atoms with Crippen LogP contribution in [0.15, 0.2) is 30.3 Å². The van der Waals surface area contributed by atoms with Crippen molar-refractivity contribution in [2.75, 3.05) is 0 Å². The highest BCUT2D eigenvalue weighted by atomic mass is 33.5. The van der Waals surface area contributed by atoms with Crippen molar-refractivity contribution in [2.24, 2.45) is 0 Å². The minimum Gasteiger partial charge on any atom is -0.276 e. The molecule has 0 aromatic heterocycles. The molecule has 0 fully saturated rings. The molecule has 0 saturated carbocycles. The molecule has 0 saturated heterocycles. The summed E-state index contributed by atoms with van der Waals surface area (Å²) in [4.78, 5) is 0. The second kappa shape index (κ2) is 5.15. The zero-order valence-electron chi connectivity index (χ0n) is 7.81. The third-order valence-corrected chi connectivity index (χ3v) is 6.48. The first-order valence-electron chi connectivity index (χ1n) is 3.90.